The minimum Gasteiger partial charge on any atom is -0.341 e. The largest absolute Gasteiger partial charge is 0.341 e. The molecule has 0 bridgehead atoms. The topological polar surface area (TPSA) is 101 Å². The zero-order chi connectivity index (χ0) is 21.1. The van der Waals surface area contributed by atoms with Gasteiger partial charge in [0.25, 0.3) is 0 Å². The first-order chi connectivity index (χ1) is 12.9. The smallest absolute Gasteiger partial charge is 0.244 e. The van der Waals surface area contributed by atoms with Crippen molar-refractivity contribution in [1.82, 2.24) is 9.62 Å². The van der Waals surface area contributed by atoms with Crippen molar-refractivity contribution in [2.24, 2.45) is 5.92 Å². The van der Waals surface area contributed by atoms with Crippen LogP contribution in [0, 0.1) is 11.7 Å². The summed E-state index contributed by atoms with van der Waals surface area (Å²) < 4.78 is 64.9. The molecular weight excluding hydrogens is 407 g/mol. The summed E-state index contributed by atoms with van der Waals surface area (Å²) in [6, 6.07) is 3.94. The Hall–Kier alpha value is -1.52. The van der Waals surface area contributed by atoms with Gasteiger partial charge in [0.1, 0.15) is 26.6 Å². The highest BCUT2D eigenvalue weighted by molar-refractivity contribution is 7.91. The van der Waals surface area contributed by atoms with Crippen molar-refractivity contribution in [3.05, 3.63) is 30.1 Å². The lowest BCUT2D eigenvalue weighted by Crippen LogP contribution is -2.52. The van der Waals surface area contributed by atoms with E-state index in [0.29, 0.717) is 12.8 Å². The lowest BCUT2D eigenvalue weighted by molar-refractivity contribution is -0.134. The zero-order valence-corrected chi connectivity index (χ0v) is 17.9. The molecule has 1 N–H and O–H groups in total. The van der Waals surface area contributed by atoms with Crippen molar-refractivity contribution in [3.63, 3.8) is 0 Å². The highest BCUT2D eigenvalue weighted by Crippen LogP contribution is 2.21. The molecule has 0 radical (unpaired) electrons. The molecule has 0 spiro atoms. The molecule has 1 aliphatic rings. The Bertz CT molecular complexity index is 908. The van der Waals surface area contributed by atoms with Crippen LogP contribution in [0.3, 0.4) is 0 Å². The molecule has 1 aromatic carbocycles. The van der Waals surface area contributed by atoms with Crippen molar-refractivity contribution in [2.45, 2.75) is 49.3 Å². The summed E-state index contributed by atoms with van der Waals surface area (Å²) in [5.41, 5.74) is 0. The maximum absolute atomic E-state index is 13.9. The minimum absolute atomic E-state index is 0.0193. The van der Waals surface area contributed by atoms with Crippen molar-refractivity contribution in [2.75, 3.05) is 19.3 Å². The summed E-state index contributed by atoms with van der Waals surface area (Å²) in [6.07, 6.45) is 2.07. The van der Waals surface area contributed by atoms with Crippen LogP contribution in [0.4, 0.5) is 4.39 Å². The molecule has 1 heterocycles. The number of piperidine rings is 1. The quantitative estimate of drug-likeness (QED) is 0.702. The first-order valence-electron chi connectivity index (χ1n) is 9.16. The number of nitrogens with zero attached hydrogens (tertiary/aromatic N) is 1. The van der Waals surface area contributed by atoms with Gasteiger partial charge in [0.2, 0.25) is 15.9 Å². The minimum atomic E-state index is -4.22. The number of halogens is 1. The van der Waals surface area contributed by atoms with Crippen LogP contribution in [0.15, 0.2) is 29.2 Å². The van der Waals surface area contributed by atoms with Gasteiger partial charge in [-0.15, -0.1) is 0 Å². The number of hydrogen-bond donors (Lipinski definition) is 1. The first kappa shape index (κ1) is 22.8. The second kappa shape index (κ2) is 8.87. The van der Waals surface area contributed by atoms with Crippen molar-refractivity contribution in [1.29, 1.82) is 0 Å². The van der Waals surface area contributed by atoms with Gasteiger partial charge < -0.3 is 4.90 Å². The normalized spacial score (nSPS) is 17.7. The number of benzene rings is 1. The van der Waals surface area contributed by atoms with Crippen LogP contribution < -0.4 is 4.72 Å². The number of carbonyl (C=O) groups excluding carboxylic acids is 1. The molecule has 0 saturated carbocycles. The van der Waals surface area contributed by atoms with Gasteiger partial charge in [-0.25, -0.2) is 21.2 Å². The number of nitrogens with one attached hydrogen (secondary N) is 1. The fraction of sp³-hybridized carbons (Fsp3) is 0.611. The molecule has 10 heteroatoms. The van der Waals surface area contributed by atoms with E-state index in [1.165, 1.54) is 23.3 Å². The molecule has 158 valence electrons. The number of hydrogen-bond acceptors (Lipinski definition) is 5. The summed E-state index contributed by atoms with van der Waals surface area (Å²) >= 11 is 0. The monoisotopic (exact) mass is 434 g/mol. The van der Waals surface area contributed by atoms with E-state index in [0.717, 1.165) is 12.1 Å². The van der Waals surface area contributed by atoms with Gasteiger partial charge in [-0.05, 0) is 37.3 Å². The molecule has 2 rings (SSSR count). The van der Waals surface area contributed by atoms with Gasteiger partial charge >= 0.3 is 0 Å². The average molecular weight is 435 g/mol. The van der Waals surface area contributed by atoms with Crippen LogP contribution in [0.25, 0.3) is 0 Å². The van der Waals surface area contributed by atoms with Crippen LogP contribution in [-0.2, 0) is 24.7 Å². The summed E-state index contributed by atoms with van der Waals surface area (Å²) in [5.74, 6) is -1.29. The Morgan fingerprint density at radius 3 is 2.25 bits per heavy atom. The third-order valence-corrected chi connectivity index (χ3v) is 7.98. The van der Waals surface area contributed by atoms with Gasteiger partial charge in [-0.1, -0.05) is 26.0 Å². The Morgan fingerprint density at radius 1 is 1.18 bits per heavy atom. The van der Waals surface area contributed by atoms with Crippen LogP contribution in [0.2, 0.25) is 0 Å². The molecule has 1 aromatic rings. The summed E-state index contributed by atoms with van der Waals surface area (Å²) in [6.45, 7) is 4.19. The Kier molecular flexibility index (Phi) is 7.22. The molecule has 1 saturated heterocycles. The van der Waals surface area contributed by atoms with Gasteiger partial charge in [0.15, 0.2) is 0 Å². The predicted octanol–water partition coefficient (Wildman–Crippen LogP) is 1.55. The number of amides is 1. The van der Waals surface area contributed by atoms with E-state index in [9.17, 15) is 26.0 Å². The van der Waals surface area contributed by atoms with E-state index >= 15 is 0 Å². The Balaban J connectivity index is 2.18. The molecule has 1 fully saturated rings. The lowest BCUT2D eigenvalue weighted by atomic mass is 10.0. The van der Waals surface area contributed by atoms with Crippen molar-refractivity contribution < 1.29 is 26.0 Å². The molecule has 1 amide bonds. The number of rotatable bonds is 7. The summed E-state index contributed by atoms with van der Waals surface area (Å²) in [5, 5.41) is -0.491. The maximum Gasteiger partial charge on any atom is 0.244 e. The fourth-order valence-electron chi connectivity index (χ4n) is 3.31. The molecular formula is C18H27FN2O5S2. The van der Waals surface area contributed by atoms with Gasteiger partial charge in [0.05, 0.1) is 5.25 Å². The van der Waals surface area contributed by atoms with Gasteiger partial charge in [0, 0.05) is 19.3 Å². The number of carbonyl (C=O) groups is 1. The summed E-state index contributed by atoms with van der Waals surface area (Å²) in [7, 11) is -7.40. The highest BCUT2D eigenvalue weighted by atomic mass is 32.2. The first-order valence-corrected chi connectivity index (χ1v) is 12.6. The average Bonchev–Trinajstić information content (AvgIpc) is 2.59. The molecule has 1 unspecified atom stereocenters. The van der Waals surface area contributed by atoms with Crippen LogP contribution in [-0.4, -0.2) is 58.3 Å². The van der Waals surface area contributed by atoms with Crippen LogP contribution in [0.5, 0.6) is 0 Å². The molecule has 1 aliphatic heterocycles. The van der Waals surface area contributed by atoms with Crippen LogP contribution in [0.1, 0.15) is 33.1 Å². The fourth-order valence-corrected chi connectivity index (χ4v) is 5.66. The number of sulfonamides is 1. The van der Waals surface area contributed by atoms with E-state index in [1.54, 1.807) is 0 Å². The maximum atomic E-state index is 13.9. The third-order valence-electron chi connectivity index (χ3n) is 4.79. The van der Waals surface area contributed by atoms with E-state index in [1.807, 2.05) is 13.8 Å². The Labute approximate surface area is 166 Å². The second-order valence-electron chi connectivity index (χ2n) is 7.59. The van der Waals surface area contributed by atoms with E-state index < -0.39 is 47.8 Å². The van der Waals surface area contributed by atoms with Gasteiger partial charge in [-0.3, -0.25) is 4.79 Å². The third kappa shape index (κ3) is 5.74. The Morgan fingerprint density at radius 2 is 1.75 bits per heavy atom. The SMILES string of the molecule is CC(C)CC(NS(=O)(=O)c1ccccc1F)C(=O)N1CCC(S(C)(=O)=O)CC1. The lowest BCUT2D eigenvalue weighted by Gasteiger charge is -2.34. The highest BCUT2D eigenvalue weighted by Gasteiger charge is 2.34. The van der Waals surface area contributed by atoms with Crippen molar-refractivity contribution >= 4 is 25.8 Å². The van der Waals surface area contributed by atoms with E-state index in [4.69, 9.17) is 0 Å². The standard InChI is InChI=1S/C18H27FN2O5S2/c1-13(2)12-16(20-28(25,26)17-7-5-4-6-15(17)19)18(22)21-10-8-14(9-11-21)27(3,23)24/h4-7,13-14,16,20H,8-12H2,1-3H3. The van der Waals surface area contributed by atoms with Crippen molar-refractivity contribution in [3.8, 4) is 0 Å². The predicted molar refractivity (Wildman–Crippen MR) is 104 cm³/mol. The zero-order valence-electron chi connectivity index (χ0n) is 16.3. The summed E-state index contributed by atoms with van der Waals surface area (Å²) in [4.78, 5) is 13.9. The molecule has 0 aliphatic carbocycles. The van der Waals surface area contributed by atoms with E-state index in [-0.39, 0.29) is 25.4 Å². The number of sulfone groups is 1. The molecule has 0 aromatic heterocycles. The number of likely N-dealkylation sites (tertiary alicyclic amines) is 1. The van der Waals surface area contributed by atoms with Gasteiger partial charge in [-0.2, -0.15) is 4.72 Å². The van der Waals surface area contributed by atoms with Crippen LogP contribution >= 0.6 is 0 Å². The molecule has 7 nitrogen and oxygen atoms in total. The van der Waals surface area contributed by atoms with E-state index in [2.05, 4.69) is 4.72 Å². The molecule has 1 atom stereocenters. The second-order valence-corrected chi connectivity index (χ2v) is 11.6. The molecule has 28 heavy (non-hydrogen) atoms.